The van der Waals surface area contributed by atoms with Crippen molar-refractivity contribution < 1.29 is 14.6 Å². The van der Waals surface area contributed by atoms with Crippen LogP contribution in [0.15, 0.2) is 16.8 Å². The fraction of sp³-hybridized carbons (Fsp3) is 0.643. The number of ether oxygens (including phenoxy) is 1. The van der Waals surface area contributed by atoms with Crippen LogP contribution >= 0.6 is 11.3 Å². The van der Waals surface area contributed by atoms with Gasteiger partial charge in [-0.2, -0.15) is 11.3 Å². The number of thiophene rings is 1. The molecule has 1 unspecified atom stereocenters. The van der Waals surface area contributed by atoms with Crippen molar-refractivity contribution in [1.82, 2.24) is 10.2 Å². The number of β-amino-alcohol motifs (C(OH)–C–C–N with tert-alkyl or cyclic N) is 1. The van der Waals surface area contributed by atoms with E-state index in [2.05, 4.69) is 15.6 Å². The number of aryl methyl sites for hydroxylation is 1. The third kappa shape index (κ3) is 5.58. The van der Waals surface area contributed by atoms with Crippen LogP contribution in [0.25, 0.3) is 0 Å². The average molecular weight is 298 g/mol. The van der Waals surface area contributed by atoms with Crippen molar-refractivity contribution in [3.05, 3.63) is 22.4 Å². The molecule has 1 fully saturated rings. The van der Waals surface area contributed by atoms with Crippen LogP contribution < -0.4 is 5.32 Å². The molecule has 1 aromatic heterocycles. The maximum absolute atomic E-state index is 11.7. The standard InChI is InChI=1S/C14H22N2O3S/c17-13(10-16-4-6-19-7-5-16)9-15-14(18)2-1-12-3-8-20-11-12/h3,8,11,13,17H,1-2,4-7,9-10H2,(H,15,18). The summed E-state index contributed by atoms with van der Waals surface area (Å²) in [6.45, 7) is 4.06. The van der Waals surface area contributed by atoms with Gasteiger partial charge in [0.15, 0.2) is 0 Å². The van der Waals surface area contributed by atoms with Crippen LogP contribution in [-0.2, 0) is 16.0 Å². The molecule has 1 aliphatic heterocycles. The predicted octanol–water partition coefficient (Wildman–Crippen LogP) is 0.490. The molecule has 0 saturated carbocycles. The monoisotopic (exact) mass is 298 g/mol. The molecule has 112 valence electrons. The number of morpholine rings is 1. The molecule has 6 heteroatoms. The number of nitrogens with zero attached hydrogens (tertiary/aromatic N) is 1. The Hall–Kier alpha value is -0.950. The molecule has 2 rings (SSSR count). The number of hydrogen-bond acceptors (Lipinski definition) is 5. The molecule has 0 aliphatic carbocycles. The van der Waals surface area contributed by atoms with E-state index in [1.807, 2.05) is 11.4 Å². The third-order valence-corrected chi connectivity index (χ3v) is 4.06. The Morgan fingerprint density at radius 2 is 2.30 bits per heavy atom. The van der Waals surface area contributed by atoms with E-state index >= 15 is 0 Å². The zero-order valence-corrected chi connectivity index (χ0v) is 12.4. The summed E-state index contributed by atoms with van der Waals surface area (Å²) in [6, 6.07) is 2.03. The molecule has 0 spiro atoms. The molecule has 1 saturated heterocycles. The SMILES string of the molecule is O=C(CCc1ccsc1)NCC(O)CN1CCOCC1. The van der Waals surface area contributed by atoms with Crippen LogP contribution in [0.4, 0.5) is 0 Å². The number of carbonyl (C=O) groups excluding carboxylic acids is 1. The first-order chi connectivity index (χ1) is 9.74. The van der Waals surface area contributed by atoms with Crippen molar-refractivity contribution in [1.29, 1.82) is 0 Å². The second-order valence-corrected chi connectivity index (χ2v) is 5.78. The molecular weight excluding hydrogens is 276 g/mol. The van der Waals surface area contributed by atoms with Gasteiger partial charge < -0.3 is 15.2 Å². The van der Waals surface area contributed by atoms with Gasteiger partial charge in [-0.15, -0.1) is 0 Å². The molecule has 2 heterocycles. The predicted molar refractivity (Wildman–Crippen MR) is 78.9 cm³/mol. The summed E-state index contributed by atoms with van der Waals surface area (Å²) in [5, 5.41) is 16.8. The molecule has 1 aromatic rings. The van der Waals surface area contributed by atoms with Gasteiger partial charge >= 0.3 is 0 Å². The molecule has 20 heavy (non-hydrogen) atoms. The van der Waals surface area contributed by atoms with Gasteiger partial charge in [0, 0.05) is 32.6 Å². The Labute approximate surface area is 123 Å². The molecule has 1 aliphatic rings. The molecular formula is C14H22N2O3S. The fourth-order valence-corrected chi connectivity index (χ4v) is 2.86. The lowest BCUT2D eigenvalue weighted by Crippen LogP contribution is -2.44. The summed E-state index contributed by atoms with van der Waals surface area (Å²) in [5.41, 5.74) is 1.19. The molecule has 2 N–H and O–H groups in total. The smallest absolute Gasteiger partial charge is 0.220 e. The largest absolute Gasteiger partial charge is 0.390 e. The second-order valence-electron chi connectivity index (χ2n) is 5.00. The maximum atomic E-state index is 11.7. The Balaban J connectivity index is 1.57. The summed E-state index contributed by atoms with van der Waals surface area (Å²) < 4.78 is 5.25. The van der Waals surface area contributed by atoms with Crippen LogP contribution in [0.5, 0.6) is 0 Å². The minimum atomic E-state index is -0.516. The third-order valence-electron chi connectivity index (χ3n) is 3.33. The van der Waals surface area contributed by atoms with Gasteiger partial charge in [0.1, 0.15) is 0 Å². The Morgan fingerprint density at radius 3 is 3.00 bits per heavy atom. The topological polar surface area (TPSA) is 61.8 Å². The lowest BCUT2D eigenvalue weighted by molar-refractivity contribution is -0.121. The van der Waals surface area contributed by atoms with Crippen LogP contribution in [0.2, 0.25) is 0 Å². The van der Waals surface area contributed by atoms with Crippen LogP contribution in [0, 0.1) is 0 Å². The van der Waals surface area contributed by atoms with Crippen molar-refractivity contribution in [3.8, 4) is 0 Å². The number of hydrogen-bond donors (Lipinski definition) is 2. The highest BCUT2D eigenvalue weighted by Crippen LogP contribution is 2.08. The average Bonchev–Trinajstić information content (AvgIpc) is 2.97. The quantitative estimate of drug-likeness (QED) is 0.769. The second kappa shape index (κ2) is 8.36. The highest BCUT2D eigenvalue weighted by molar-refractivity contribution is 7.07. The Bertz CT molecular complexity index is 391. The van der Waals surface area contributed by atoms with Crippen LogP contribution in [0.3, 0.4) is 0 Å². The van der Waals surface area contributed by atoms with Crippen molar-refractivity contribution in [2.24, 2.45) is 0 Å². The van der Waals surface area contributed by atoms with Gasteiger partial charge in [-0.05, 0) is 28.8 Å². The zero-order valence-electron chi connectivity index (χ0n) is 11.6. The lowest BCUT2D eigenvalue weighted by atomic mass is 10.2. The fourth-order valence-electron chi connectivity index (χ4n) is 2.16. The minimum absolute atomic E-state index is 0.00257. The number of aliphatic hydroxyl groups is 1. The normalized spacial score (nSPS) is 17.9. The summed E-state index contributed by atoms with van der Waals surface area (Å²) in [7, 11) is 0. The van der Waals surface area contributed by atoms with Crippen molar-refractivity contribution >= 4 is 17.2 Å². The van der Waals surface area contributed by atoms with E-state index < -0.39 is 6.10 Å². The van der Waals surface area contributed by atoms with Crippen molar-refractivity contribution in [2.45, 2.75) is 18.9 Å². The molecule has 0 aromatic carbocycles. The first-order valence-corrected chi connectivity index (χ1v) is 7.94. The molecule has 1 amide bonds. The Morgan fingerprint density at radius 1 is 1.50 bits per heavy atom. The molecule has 5 nitrogen and oxygen atoms in total. The molecule has 1 atom stereocenters. The minimum Gasteiger partial charge on any atom is -0.390 e. The van der Waals surface area contributed by atoms with E-state index in [9.17, 15) is 9.90 Å². The number of aliphatic hydroxyl groups excluding tert-OH is 1. The van der Waals surface area contributed by atoms with Gasteiger partial charge in [0.05, 0.1) is 19.3 Å². The number of amides is 1. The van der Waals surface area contributed by atoms with Crippen LogP contribution in [-0.4, -0.2) is 61.4 Å². The molecule has 0 bridgehead atoms. The van der Waals surface area contributed by atoms with E-state index in [1.165, 1.54) is 5.56 Å². The highest BCUT2D eigenvalue weighted by atomic mass is 32.1. The number of carbonyl (C=O) groups is 1. The van der Waals surface area contributed by atoms with Gasteiger partial charge in [0.25, 0.3) is 0 Å². The van der Waals surface area contributed by atoms with Crippen LogP contribution in [0.1, 0.15) is 12.0 Å². The van der Waals surface area contributed by atoms with Gasteiger partial charge in [0.2, 0.25) is 5.91 Å². The Kier molecular flexibility index (Phi) is 6.46. The lowest BCUT2D eigenvalue weighted by Gasteiger charge is -2.28. The summed E-state index contributed by atoms with van der Waals surface area (Å²) >= 11 is 1.64. The van der Waals surface area contributed by atoms with E-state index in [0.717, 1.165) is 32.7 Å². The zero-order chi connectivity index (χ0) is 14.2. The van der Waals surface area contributed by atoms with Gasteiger partial charge in [-0.3, -0.25) is 9.69 Å². The first kappa shape index (κ1) is 15.4. The summed E-state index contributed by atoms with van der Waals surface area (Å²) in [5.74, 6) is -0.00257. The van der Waals surface area contributed by atoms with E-state index in [-0.39, 0.29) is 5.91 Å². The van der Waals surface area contributed by atoms with E-state index in [0.29, 0.717) is 19.5 Å². The van der Waals surface area contributed by atoms with Crippen molar-refractivity contribution in [2.75, 3.05) is 39.4 Å². The van der Waals surface area contributed by atoms with Gasteiger partial charge in [-0.1, -0.05) is 0 Å². The molecule has 0 radical (unpaired) electrons. The van der Waals surface area contributed by atoms with Gasteiger partial charge in [-0.25, -0.2) is 0 Å². The van der Waals surface area contributed by atoms with E-state index in [4.69, 9.17) is 4.74 Å². The maximum Gasteiger partial charge on any atom is 0.220 e. The summed E-state index contributed by atoms with van der Waals surface area (Å²) in [6.07, 6.45) is 0.716. The first-order valence-electron chi connectivity index (χ1n) is 7.00. The highest BCUT2D eigenvalue weighted by Gasteiger charge is 2.15. The van der Waals surface area contributed by atoms with E-state index in [1.54, 1.807) is 11.3 Å². The van der Waals surface area contributed by atoms with Crippen molar-refractivity contribution in [3.63, 3.8) is 0 Å². The summed E-state index contributed by atoms with van der Waals surface area (Å²) in [4.78, 5) is 13.8. The number of nitrogens with one attached hydrogen (secondary N) is 1. The number of rotatable bonds is 7.